The zero-order chi connectivity index (χ0) is 24.5. The van der Waals surface area contributed by atoms with Crippen molar-refractivity contribution in [1.29, 1.82) is 0 Å². The number of hydrogen-bond donors (Lipinski definition) is 2. The zero-order valence-electron chi connectivity index (χ0n) is 19.3. The Morgan fingerprint density at radius 3 is 2.56 bits per heavy atom. The lowest BCUT2D eigenvalue weighted by molar-refractivity contribution is -0.131. The minimum absolute atomic E-state index is 0.0244. The number of likely N-dealkylation sites (N-methyl/N-ethyl adjacent to an activating group) is 1. The first-order chi connectivity index (χ1) is 16.4. The normalized spacial score (nSPS) is 17.0. The summed E-state index contributed by atoms with van der Waals surface area (Å²) in [5.74, 6) is -1.11. The van der Waals surface area contributed by atoms with E-state index in [2.05, 4.69) is 4.90 Å². The lowest BCUT2D eigenvalue weighted by atomic mass is 10.0. The molecule has 1 saturated heterocycles. The van der Waals surface area contributed by atoms with Crippen molar-refractivity contribution in [3.63, 3.8) is 0 Å². The molecule has 1 fully saturated rings. The fourth-order valence-corrected chi connectivity index (χ4v) is 4.09. The standard InChI is InChI=1S/C25H32F2N2O5/c1-28(25(32)14-19-2-5-20(26)15-23(19)27)24(17-29-9-8-22(16-29)34-13-11-31)18-3-6-21(7-4-18)33-12-10-30/h2-7,15,22,24,30-31H,8-14,16-17H2,1H3/t22-,24?/m0/s1. The molecule has 1 aliphatic rings. The number of aliphatic hydroxyl groups excluding tert-OH is 2. The van der Waals surface area contributed by atoms with Crippen molar-refractivity contribution >= 4 is 5.91 Å². The Bertz CT molecular complexity index is 928. The average molecular weight is 479 g/mol. The quantitative estimate of drug-likeness (QED) is 0.487. The predicted molar refractivity (Wildman–Crippen MR) is 122 cm³/mol. The highest BCUT2D eigenvalue weighted by Gasteiger charge is 2.29. The summed E-state index contributed by atoms with van der Waals surface area (Å²) in [6.45, 7) is 2.38. The van der Waals surface area contributed by atoms with Crippen molar-refractivity contribution in [1.82, 2.24) is 9.80 Å². The SMILES string of the molecule is CN(C(=O)Cc1ccc(F)cc1F)C(CN1CC[C@H](OCCO)C1)c1ccc(OCCO)cc1. The van der Waals surface area contributed by atoms with Crippen molar-refractivity contribution in [2.45, 2.75) is 25.0 Å². The first-order valence-corrected chi connectivity index (χ1v) is 11.4. The molecule has 0 bridgehead atoms. The first kappa shape index (κ1) is 26.0. The zero-order valence-corrected chi connectivity index (χ0v) is 19.3. The molecular formula is C25H32F2N2O5. The Labute approximate surface area is 198 Å². The third-order valence-electron chi connectivity index (χ3n) is 5.95. The van der Waals surface area contributed by atoms with Gasteiger partial charge < -0.3 is 24.6 Å². The highest BCUT2D eigenvalue weighted by molar-refractivity contribution is 5.79. The Morgan fingerprint density at radius 1 is 1.15 bits per heavy atom. The van der Waals surface area contributed by atoms with Crippen LogP contribution in [-0.2, 0) is 16.0 Å². The molecule has 0 aromatic heterocycles. The van der Waals surface area contributed by atoms with E-state index in [0.29, 0.717) is 25.4 Å². The topological polar surface area (TPSA) is 82.5 Å². The van der Waals surface area contributed by atoms with Gasteiger partial charge in [-0.2, -0.15) is 0 Å². The van der Waals surface area contributed by atoms with Gasteiger partial charge in [-0.15, -0.1) is 0 Å². The van der Waals surface area contributed by atoms with Gasteiger partial charge in [-0.25, -0.2) is 8.78 Å². The van der Waals surface area contributed by atoms with Gasteiger partial charge in [-0.1, -0.05) is 18.2 Å². The smallest absolute Gasteiger partial charge is 0.227 e. The largest absolute Gasteiger partial charge is 0.491 e. The summed E-state index contributed by atoms with van der Waals surface area (Å²) in [4.78, 5) is 16.9. The fourth-order valence-electron chi connectivity index (χ4n) is 4.09. The van der Waals surface area contributed by atoms with Gasteiger partial charge in [0.1, 0.15) is 24.0 Å². The average Bonchev–Trinajstić information content (AvgIpc) is 3.29. The Morgan fingerprint density at radius 2 is 1.88 bits per heavy atom. The van der Waals surface area contributed by atoms with E-state index in [1.807, 2.05) is 12.1 Å². The molecule has 0 aliphatic carbocycles. The lowest BCUT2D eigenvalue weighted by Crippen LogP contribution is -2.39. The second kappa shape index (κ2) is 12.8. The number of ether oxygens (including phenoxy) is 2. The number of likely N-dealkylation sites (tertiary alicyclic amines) is 1. The molecule has 1 aliphatic heterocycles. The number of benzene rings is 2. The first-order valence-electron chi connectivity index (χ1n) is 11.4. The number of halogens is 2. The molecule has 2 atom stereocenters. The second-order valence-electron chi connectivity index (χ2n) is 8.34. The summed E-state index contributed by atoms with van der Waals surface area (Å²) in [7, 11) is 1.68. The third-order valence-corrected chi connectivity index (χ3v) is 5.95. The van der Waals surface area contributed by atoms with Crippen LogP contribution in [0.15, 0.2) is 42.5 Å². The number of amides is 1. The van der Waals surface area contributed by atoms with E-state index in [-0.39, 0.29) is 49.9 Å². The van der Waals surface area contributed by atoms with Crippen molar-refractivity contribution < 1.29 is 33.3 Å². The number of carbonyl (C=O) groups is 1. The molecule has 2 N–H and O–H groups in total. The van der Waals surface area contributed by atoms with Gasteiger partial charge in [0, 0.05) is 32.7 Å². The monoisotopic (exact) mass is 478 g/mol. The van der Waals surface area contributed by atoms with Gasteiger partial charge in [0.25, 0.3) is 0 Å². The molecule has 2 aromatic carbocycles. The van der Waals surface area contributed by atoms with Gasteiger partial charge in [-0.3, -0.25) is 9.69 Å². The van der Waals surface area contributed by atoms with Crippen LogP contribution in [-0.4, -0.2) is 85.1 Å². The molecular weight excluding hydrogens is 446 g/mol. The van der Waals surface area contributed by atoms with E-state index >= 15 is 0 Å². The van der Waals surface area contributed by atoms with Crippen molar-refractivity contribution in [2.24, 2.45) is 0 Å². The molecule has 34 heavy (non-hydrogen) atoms. The summed E-state index contributed by atoms with van der Waals surface area (Å²) in [5.41, 5.74) is 1.02. The summed E-state index contributed by atoms with van der Waals surface area (Å²) in [5, 5.41) is 17.9. The number of aliphatic hydroxyl groups is 2. The fraction of sp³-hybridized carbons (Fsp3) is 0.480. The molecule has 0 saturated carbocycles. The van der Waals surface area contributed by atoms with Crippen LogP contribution < -0.4 is 4.74 Å². The van der Waals surface area contributed by atoms with Crippen molar-refractivity contribution in [3.05, 3.63) is 65.2 Å². The number of hydrogen-bond acceptors (Lipinski definition) is 6. The van der Waals surface area contributed by atoms with Crippen LogP contribution in [0.5, 0.6) is 5.75 Å². The molecule has 9 heteroatoms. The minimum atomic E-state index is -0.743. The van der Waals surface area contributed by atoms with E-state index in [1.54, 1.807) is 24.1 Å². The van der Waals surface area contributed by atoms with Crippen LogP contribution in [0.25, 0.3) is 0 Å². The molecule has 2 aromatic rings. The summed E-state index contributed by atoms with van der Waals surface area (Å²) in [6, 6.07) is 10.2. The summed E-state index contributed by atoms with van der Waals surface area (Å²) in [6.07, 6.45) is 0.675. The summed E-state index contributed by atoms with van der Waals surface area (Å²) >= 11 is 0. The maximum Gasteiger partial charge on any atom is 0.227 e. The van der Waals surface area contributed by atoms with Crippen LogP contribution in [0.3, 0.4) is 0 Å². The molecule has 1 amide bonds. The number of carbonyl (C=O) groups excluding carboxylic acids is 1. The van der Waals surface area contributed by atoms with Crippen LogP contribution in [0.1, 0.15) is 23.6 Å². The van der Waals surface area contributed by atoms with Crippen molar-refractivity contribution in [2.75, 3.05) is 53.1 Å². The molecule has 0 radical (unpaired) electrons. The summed E-state index contributed by atoms with van der Waals surface area (Å²) < 4.78 is 38.5. The molecule has 7 nitrogen and oxygen atoms in total. The van der Waals surface area contributed by atoms with Crippen LogP contribution in [0, 0.1) is 11.6 Å². The third kappa shape index (κ3) is 7.20. The number of nitrogens with zero attached hydrogens (tertiary/aromatic N) is 2. The highest BCUT2D eigenvalue weighted by atomic mass is 19.1. The highest BCUT2D eigenvalue weighted by Crippen LogP contribution is 2.26. The molecule has 1 unspecified atom stereocenters. The maximum atomic E-state index is 14.1. The Hall–Kier alpha value is -2.59. The number of rotatable bonds is 12. The van der Waals surface area contributed by atoms with E-state index in [4.69, 9.17) is 19.7 Å². The van der Waals surface area contributed by atoms with Crippen molar-refractivity contribution in [3.8, 4) is 5.75 Å². The molecule has 1 heterocycles. The van der Waals surface area contributed by atoms with E-state index < -0.39 is 11.6 Å². The van der Waals surface area contributed by atoms with Gasteiger partial charge in [0.2, 0.25) is 5.91 Å². The van der Waals surface area contributed by atoms with Crippen LogP contribution >= 0.6 is 0 Å². The molecule has 3 rings (SSSR count). The predicted octanol–water partition coefficient (Wildman–Crippen LogP) is 2.16. The van der Waals surface area contributed by atoms with Crippen LogP contribution in [0.2, 0.25) is 0 Å². The minimum Gasteiger partial charge on any atom is -0.491 e. The second-order valence-corrected chi connectivity index (χ2v) is 8.34. The van der Waals surface area contributed by atoms with Gasteiger partial charge in [0.05, 0.1) is 38.4 Å². The Kier molecular flexibility index (Phi) is 9.76. The van der Waals surface area contributed by atoms with E-state index in [9.17, 15) is 13.6 Å². The lowest BCUT2D eigenvalue weighted by Gasteiger charge is -2.32. The van der Waals surface area contributed by atoms with E-state index in [1.165, 1.54) is 6.07 Å². The molecule has 186 valence electrons. The van der Waals surface area contributed by atoms with Crippen LogP contribution in [0.4, 0.5) is 8.78 Å². The maximum absolute atomic E-state index is 14.1. The Balaban J connectivity index is 1.75. The van der Waals surface area contributed by atoms with E-state index in [0.717, 1.165) is 30.7 Å². The van der Waals surface area contributed by atoms with Gasteiger partial charge in [0.15, 0.2) is 0 Å². The van der Waals surface area contributed by atoms with Gasteiger partial charge >= 0.3 is 0 Å². The van der Waals surface area contributed by atoms with Gasteiger partial charge in [-0.05, 0) is 35.7 Å². The molecule has 0 spiro atoms.